The Balaban J connectivity index is 1.58. The molecule has 0 spiro atoms. The highest BCUT2D eigenvalue weighted by Crippen LogP contribution is 2.41. The lowest BCUT2D eigenvalue weighted by Gasteiger charge is -2.11. The van der Waals surface area contributed by atoms with Gasteiger partial charge in [-0.2, -0.15) is 9.78 Å². The molecule has 0 saturated heterocycles. The number of nitrogens with zero attached hydrogens (tertiary/aromatic N) is 2. The van der Waals surface area contributed by atoms with E-state index in [9.17, 15) is 14.0 Å². The minimum Gasteiger partial charge on any atom is -0.497 e. The Bertz CT molecular complexity index is 1680. The second-order valence-corrected chi connectivity index (χ2v) is 9.14. The second kappa shape index (κ2) is 11.2. The Labute approximate surface area is 230 Å². The summed E-state index contributed by atoms with van der Waals surface area (Å²) in [6.07, 6.45) is 0. The highest BCUT2D eigenvalue weighted by molar-refractivity contribution is 6.04. The molecule has 40 heavy (non-hydrogen) atoms. The summed E-state index contributed by atoms with van der Waals surface area (Å²) in [5.74, 6) is -0.318. The zero-order chi connectivity index (χ0) is 28.2. The molecule has 1 aromatic heterocycles. The molecule has 0 bridgehead atoms. The number of benzene rings is 4. The number of aryl methyl sites for hydroxylation is 1. The van der Waals surface area contributed by atoms with E-state index in [1.165, 1.54) is 23.7 Å². The number of amides is 1. The maximum absolute atomic E-state index is 13.7. The lowest BCUT2D eigenvalue weighted by Crippen LogP contribution is -2.11. The molecule has 1 heterocycles. The van der Waals surface area contributed by atoms with Gasteiger partial charge in [0.1, 0.15) is 17.3 Å². The first-order chi connectivity index (χ1) is 19.3. The summed E-state index contributed by atoms with van der Waals surface area (Å²) in [7, 11) is 1.57. The Morgan fingerprint density at radius 1 is 0.875 bits per heavy atom. The molecular weight excluding hydrogens is 509 g/mol. The lowest BCUT2D eigenvalue weighted by atomic mass is 10.00. The van der Waals surface area contributed by atoms with E-state index >= 15 is 0 Å². The van der Waals surface area contributed by atoms with Crippen molar-refractivity contribution in [3.8, 4) is 39.7 Å². The van der Waals surface area contributed by atoms with Crippen LogP contribution in [-0.4, -0.2) is 28.8 Å². The number of aromatic nitrogens is 2. The molecule has 8 heteroatoms. The van der Waals surface area contributed by atoms with Crippen LogP contribution in [0.4, 0.5) is 10.1 Å². The maximum Gasteiger partial charge on any atom is 0.309 e. The first kappa shape index (κ1) is 26.4. The van der Waals surface area contributed by atoms with Crippen LogP contribution in [0.3, 0.4) is 0 Å². The van der Waals surface area contributed by atoms with Crippen LogP contribution in [-0.2, 0) is 4.79 Å². The van der Waals surface area contributed by atoms with Gasteiger partial charge < -0.3 is 14.8 Å². The molecule has 0 aliphatic rings. The summed E-state index contributed by atoms with van der Waals surface area (Å²) in [5.41, 5.74) is 5.33. The van der Waals surface area contributed by atoms with Gasteiger partial charge in [0, 0.05) is 23.7 Å². The summed E-state index contributed by atoms with van der Waals surface area (Å²) in [6, 6.07) is 27.6. The van der Waals surface area contributed by atoms with Gasteiger partial charge in [-0.15, -0.1) is 0 Å². The molecule has 0 aliphatic heterocycles. The molecule has 1 amide bonds. The monoisotopic (exact) mass is 535 g/mol. The summed E-state index contributed by atoms with van der Waals surface area (Å²) < 4.78 is 26.0. The number of carbonyl (C=O) groups is 2. The number of esters is 1. The Morgan fingerprint density at radius 2 is 1.57 bits per heavy atom. The van der Waals surface area contributed by atoms with Gasteiger partial charge in [-0.05, 0) is 79.2 Å². The van der Waals surface area contributed by atoms with E-state index in [0.29, 0.717) is 39.5 Å². The fraction of sp³-hybridized carbons (Fsp3) is 0.0938. The fourth-order valence-corrected chi connectivity index (χ4v) is 4.31. The molecule has 1 N–H and O–H groups in total. The highest BCUT2D eigenvalue weighted by Gasteiger charge is 2.25. The molecule has 0 unspecified atom stereocenters. The van der Waals surface area contributed by atoms with E-state index in [1.807, 2.05) is 43.3 Å². The van der Waals surface area contributed by atoms with E-state index in [1.54, 1.807) is 55.6 Å². The Morgan fingerprint density at radius 3 is 2.20 bits per heavy atom. The fourth-order valence-electron chi connectivity index (χ4n) is 4.31. The van der Waals surface area contributed by atoms with E-state index in [-0.39, 0.29) is 11.8 Å². The first-order valence-electron chi connectivity index (χ1n) is 12.5. The number of methoxy groups -OCH3 is 1. The van der Waals surface area contributed by atoms with Crippen LogP contribution in [0.1, 0.15) is 22.8 Å². The Hall–Kier alpha value is -5.24. The van der Waals surface area contributed by atoms with Crippen LogP contribution in [0.15, 0.2) is 97.1 Å². The molecule has 0 fully saturated rings. The predicted octanol–water partition coefficient (Wildman–Crippen LogP) is 6.84. The zero-order valence-electron chi connectivity index (χ0n) is 22.1. The van der Waals surface area contributed by atoms with Gasteiger partial charge >= 0.3 is 5.97 Å². The second-order valence-electron chi connectivity index (χ2n) is 9.14. The van der Waals surface area contributed by atoms with Crippen LogP contribution in [0.25, 0.3) is 28.1 Å². The number of halogens is 1. The van der Waals surface area contributed by atoms with Crippen molar-refractivity contribution in [3.05, 3.63) is 114 Å². The minimum absolute atomic E-state index is 0.200. The quantitative estimate of drug-likeness (QED) is 0.231. The average molecular weight is 536 g/mol. The molecule has 0 radical (unpaired) electrons. The van der Waals surface area contributed by atoms with Crippen molar-refractivity contribution in [2.45, 2.75) is 13.8 Å². The SMILES string of the molecule is COc1ccc(C(=O)Nc2ccc(-c3c(-c4cccc(C)c4)nn(-c4ccc(F)cc4)c3OC(C)=O)cc2)cc1. The van der Waals surface area contributed by atoms with Crippen molar-refractivity contribution >= 4 is 17.6 Å². The van der Waals surface area contributed by atoms with Crippen molar-refractivity contribution in [2.75, 3.05) is 12.4 Å². The van der Waals surface area contributed by atoms with Crippen LogP contribution in [0.5, 0.6) is 11.6 Å². The van der Waals surface area contributed by atoms with Crippen LogP contribution in [0.2, 0.25) is 0 Å². The van der Waals surface area contributed by atoms with Gasteiger partial charge in [0.15, 0.2) is 0 Å². The van der Waals surface area contributed by atoms with Crippen LogP contribution in [0, 0.1) is 12.7 Å². The molecule has 200 valence electrons. The minimum atomic E-state index is -0.524. The first-order valence-corrected chi connectivity index (χ1v) is 12.5. The van der Waals surface area contributed by atoms with Crippen LogP contribution < -0.4 is 14.8 Å². The van der Waals surface area contributed by atoms with Crippen LogP contribution >= 0.6 is 0 Å². The average Bonchev–Trinajstić information content (AvgIpc) is 3.32. The molecule has 0 aliphatic carbocycles. The highest BCUT2D eigenvalue weighted by atomic mass is 19.1. The molecule has 5 aromatic rings. The van der Waals surface area contributed by atoms with Gasteiger partial charge in [0.2, 0.25) is 5.88 Å². The molecule has 5 rings (SSSR count). The third-order valence-electron chi connectivity index (χ3n) is 6.23. The third-order valence-corrected chi connectivity index (χ3v) is 6.23. The van der Waals surface area contributed by atoms with Gasteiger partial charge in [0.25, 0.3) is 5.91 Å². The van der Waals surface area contributed by atoms with E-state index in [4.69, 9.17) is 14.6 Å². The van der Waals surface area contributed by atoms with Gasteiger partial charge in [-0.3, -0.25) is 9.59 Å². The summed E-state index contributed by atoms with van der Waals surface area (Å²) in [6.45, 7) is 3.29. The van der Waals surface area contributed by atoms with E-state index in [2.05, 4.69) is 5.32 Å². The number of rotatable bonds is 7. The Kier molecular flexibility index (Phi) is 7.41. The van der Waals surface area contributed by atoms with Crippen molar-refractivity contribution in [1.82, 2.24) is 9.78 Å². The number of hydrogen-bond donors (Lipinski definition) is 1. The standard InChI is InChI=1S/C32H26FN3O4/c1-20-5-4-6-24(19-20)30-29(32(40-21(2)37)36(35-30)27-15-11-25(33)12-16-27)22-7-13-26(14-8-22)34-31(38)23-9-17-28(39-3)18-10-23/h4-19H,1-3H3,(H,34,38). The van der Waals surface area contributed by atoms with Crippen molar-refractivity contribution < 1.29 is 23.5 Å². The van der Waals surface area contributed by atoms with Gasteiger partial charge in [0.05, 0.1) is 18.4 Å². The number of anilines is 1. The predicted molar refractivity (Wildman–Crippen MR) is 151 cm³/mol. The molecule has 7 nitrogen and oxygen atoms in total. The zero-order valence-corrected chi connectivity index (χ0v) is 22.1. The van der Waals surface area contributed by atoms with Gasteiger partial charge in [-0.1, -0.05) is 35.9 Å². The molecule has 0 saturated carbocycles. The molecule has 0 atom stereocenters. The smallest absolute Gasteiger partial charge is 0.309 e. The normalized spacial score (nSPS) is 10.7. The maximum atomic E-state index is 13.7. The van der Waals surface area contributed by atoms with Crippen molar-refractivity contribution in [2.24, 2.45) is 0 Å². The summed E-state index contributed by atoms with van der Waals surface area (Å²) in [4.78, 5) is 25.0. The molecular formula is C32H26FN3O4. The summed E-state index contributed by atoms with van der Waals surface area (Å²) >= 11 is 0. The largest absolute Gasteiger partial charge is 0.497 e. The topological polar surface area (TPSA) is 82.4 Å². The van der Waals surface area contributed by atoms with E-state index in [0.717, 1.165) is 11.1 Å². The number of carbonyl (C=O) groups excluding carboxylic acids is 2. The van der Waals surface area contributed by atoms with Gasteiger partial charge in [-0.25, -0.2) is 4.39 Å². The number of nitrogens with one attached hydrogen (secondary N) is 1. The number of hydrogen-bond acceptors (Lipinski definition) is 5. The third kappa shape index (κ3) is 5.61. The summed E-state index contributed by atoms with van der Waals surface area (Å²) in [5, 5.41) is 7.70. The molecule has 4 aromatic carbocycles. The van der Waals surface area contributed by atoms with E-state index < -0.39 is 11.8 Å². The van der Waals surface area contributed by atoms with Crippen molar-refractivity contribution in [1.29, 1.82) is 0 Å². The lowest BCUT2D eigenvalue weighted by molar-refractivity contribution is -0.132. The van der Waals surface area contributed by atoms with Crippen molar-refractivity contribution in [3.63, 3.8) is 0 Å². The number of ether oxygens (including phenoxy) is 2.